The van der Waals surface area contributed by atoms with Gasteiger partial charge in [0.15, 0.2) is 0 Å². The first-order valence-electron chi connectivity index (χ1n) is 21.5. The minimum Gasteiger partial charge on any atom is -0.493 e. The number of aryl methyl sites for hydroxylation is 2. The number of hydrogen-bond donors (Lipinski definition) is 3. The highest BCUT2D eigenvalue weighted by molar-refractivity contribution is 5.81. The maximum Gasteiger partial charge on any atom is 0.225 e. The van der Waals surface area contributed by atoms with Crippen LogP contribution in [0.1, 0.15) is 103 Å². The lowest BCUT2D eigenvalue weighted by Gasteiger charge is -2.29. The van der Waals surface area contributed by atoms with Crippen molar-refractivity contribution < 1.29 is 14.3 Å². The molecule has 8 heteroatoms. The molecule has 2 amide bonds. The van der Waals surface area contributed by atoms with E-state index < -0.39 is 5.41 Å². The van der Waals surface area contributed by atoms with Gasteiger partial charge >= 0.3 is 0 Å². The lowest BCUT2D eigenvalue weighted by molar-refractivity contribution is -0.129. The Labute approximate surface area is 341 Å². The molecule has 0 unspecified atom stereocenters. The molecule has 1 aromatic carbocycles. The first-order valence-corrected chi connectivity index (χ1v) is 21.5. The Bertz CT molecular complexity index is 1390. The van der Waals surface area contributed by atoms with E-state index in [1.54, 1.807) is 0 Å². The Morgan fingerprint density at radius 3 is 1.96 bits per heavy atom. The number of carbonyl (C=O) groups is 2. The molecule has 0 bridgehead atoms. The van der Waals surface area contributed by atoms with Crippen LogP contribution < -0.4 is 20.7 Å². The van der Waals surface area contributed by atoms with Crippen molar-refractivity contribution in [2.75, 3.05) is 72.1 Å². The van der Waals surface area contributed by atoms with E-state index in [0.717, 1.165) is 128 Å². The Balaban J connectivity index is 1.63. The fourth-order valence-electron chi connectivity index (χ4n) is 6.32. The lowest BCUT2D eigenvalue weighted by atomic mass is 9.87. The quantitative estimate of drug-likeness (QED) is 0.0536. The molecule has 0 saturated carbocycles. The molecule has 1 aliphatic rings. The first-order chi connectivity index (χ1) is 27.2. The van der Waals surface area contributed by atoms with E-state index in [2.05, 4.69) is 138 Å². The minimum absolute atomic E-state index is 0.0766. The van der Waals surface area contributed by atoms with E-state index in [9.17, 15) is 9.59 Å². The number of carbonyl (C=O) groups excluding carboxylic acids is 2. The van der Waals surface area contributed by atoms with Crippen molar-refractivity contribution in [1.29, 1.82) is 0 Å². The second kappa shape index (κ2) is 31.4. The van der Waals surface area contributed by atoms with Crippen LogP contribution in [0.25, 0.3) is 0 Å². The number of hydrogen-bond acceptors (Lipinski definition) is 6. The van der Waals surface area contributed by atoms with Gasteiger partial charge in [0.2, 0.25) is 11.8 Å². The standard InChI is InChI=1S/C48H77N5O3/c1-6-7-8-9-10-11-12-13-14-15-16-17-18-19-20-21-22-23-24-27-46(54)50-33-39-53(36-26-35-52-37-31-49-32-38-52)40-34-51-47(55)48(4,5)30-25-41-56-45-42-43(2)28-29-44(45)3/h7-8,10-11,13-14,16-17,19-20,22-23,28-29,42,49H,6,9,12,15,18,21,24-27,30-41H2,1-5H3,(H,50,54)(H,51,55)/b8-7-,11-10-,14-13-,17-16-,20-19-,23-22-. The van der Waals surface area contributed by atoms with Crippen molar-refractivity contribution in [2.45, 2.75) is 105 Å². The fraction of sp³-hybridized carbons (Fsp3) is 0.583. The number of nitrogens with one attached hydrogen (secondary N) is 3. The van der Waals surface area contributed by atoms with Crippen molar-refractivity contribution in [3.63, 3.8) is 0 Å². The molecule has 1 saturated heterocycles. The van der Waals surface area contributed by atoms with Gasteiger partial charge in [-0.25, -0.2) is 0 Å². The van der Waals surface area contributed by atoms with Gasteiger partial charge in [-0.3, -0.25) is 14.5 Å². The van der Waals surface area contributed by atoms with Gasteiger partial charge in [-0.05, 0) is 108 Å². The number of benzene rings is 1. The summed E-state index contributed by atoms with van der Waals surface area (Å²) < 4.78 is 6.03. The SMILES string of the molecule is CC/C=C\C/C=C\C/C=C\C/C=C\C/C=C\C/C=C\CCC(=O)NCCN(CCCN1CCNCC1)CCNC(=O)C(C)(C)CCCOc1cc(C)ccc1C. The van der Waals surface area contributed by atoms with E-state index in [1.807, 2.05) is 13.8 Å². The molecule has 312 valence electrons. The maximum absolute atomic E-state index is 13.2. The van der Waals surface area contributed by atoms with Crippen molar-refractivity contribution in [2.24, 2.45) is 5.41 Å². The van der Waals surface area contributed by atoms with Gasteiger partial charge in [-0.15, -0.1) is 0 Å². The predicted octanol–water partition coefficient (Wildman–Crippen LogP) is 8.80. The number of piperazine rings is 1. The molecule has 0 atom stereocenters. The molecule has 0 aromatic heterocycles. The zero-order valence-electron chi connectivity index (χ0n) is 35.8. The maximum atomic E-state index is 13.2. The van der Waals surface area contributed by atoms with Gasteiger partial charge in [-0.1, -0.05) is 106 Å². The van der Waals surface area contributed by atoms with E-state index in [4.69, 9.17) is 4.74 Å². The summed E-state index contributed by atoms with van der Waals surface area (Å²) >= 11 is 0. The topological polar surface area (TPSA) is 85.9 Å². The van der Waals surface area contributed by atoms with Crippen molar-refractivity contribution in [3.05, 3.63) is 102 Å². The molecule has 1 aliphatic heterocycles. The highest BCUT2D eigenvalue weighted by atomic mass is 16.5. The molecule has 0 spiro atoms. The number of nitrogens with zero attached hydrogens (tertiary/aromatic N) is 2. The summed E-state index contributed by atoms with van der Waals surface area (Å²) in [5.41, 5.74) is 1.84. The van der Waals surface area contributed by atoms with Crippen LogP contribution in [0.3, 0.4) is 0 Å². The van der Waals surface area contributed by atoms with Crippen LogP contribution in [0, 0.1) is 19.3 Å². The minimum atomic E-state index is -0.477. The predicted molar refractivity (Wildman–Crippen MR) is 238 cm³/mol. The Morgan fingerprint density at radius 1 is 0.786 bits per heavy atom. The lowest BCUT2D eigenvalue weighted by Crippen LogP contribution is -2.45. The molecule has 1 aromatic rings. The fourth-order valence-corrected chi connectivity index (χ4v) is 6.32. The molecular weight excluding hydrogens is 695 g/mol. The number of allylic oxidation sites excluding steroid dienone is 12. The van der Waals surface area contributed by atoms with Gasteiger partial charge in [0, 0.05) is 64.2 Å². The van der Waals surface area contributed by atoms with Gasteiger partial charge in [0.05, 0.1) is 6.61 Å². The first kappa shape index (κ1) is 48.4. The van der Waals surface area contributed by atoms with Gasteiger partial charge in [-0.2, -0.15) is 0 Å². The molecule has 1 heterocycles. The molecule has 1 fully saturated rings. The normalized spacial score (nSPS) is 14.5. The molecule has 0 aliphatic carbocycles. The summed E-state index contributed by atoms with van der Waals surface area (Å²) in [5.74, 6) is 1.08. The Kier molecular flexibility index (Phi) is 27.1. The van der Waals surface area contributed by atoms with Crippen LogP contribution in [0.4, 0.5) is 0 Å². The average molecular weight is 772 g/mol. The van der Waals surface area contributed by atoms with Crippen molar-refractivity contribution >= 4 is 11.8 Å². The van der Waals surface area contributed by atoms with Crippen LogP contribution in [0.5, 0.6) is 5.75 Å². The van der Waals surface area contributed by atoms with Crippen LogP contribution >= 0.6 is 0 Å². The largest absolute Gasteiger partial charge is 0.493 e. The smallest absolute Gasteiger partial charge is 0.225 e. The third-order valence-corrected chi connectivity index (χ3v) is 9.92. The highest BCUT2D eigenvalue weighted by Crippen LogP contribution is 2.24. The average Bonchev–Trinajstić information content (AvgIpc) is 3.18. The molecule has 8 nitrogen and oxygen atoms in total. The van der Waals surface area contributed by atoms with Crippen molar-refractivity contribution in [1.82, 2.24) is 25.8 Å². The zero-order chi connectivity index (χ0) is 40.5. The summed E-state index contributed by atoms with van der Waals surface area (Å²) in [6.45, 7) is 19.9. The molecule has 3 N–H and O–H groups in total. The van der Waals surface area contributed by atoms with E-state index in [-0.39, 0.29) is 11.8 Å². The monoisotopic (exact) mass is 772 g/mol. The van der Waals surface area contributed by atoms with E-state index >= 15 is 0 Å². The Morgan fingerprint density at radius 2 is 1.36 bits per heavy atom. The van der Waals surface area contributed by atoms with Gasteiger partial charge in [0.1, 0.15) is 5.75 Å². The molecular formula is C48H77N5O3. The van der Waals surface area contributed by atoms with Crippen LogP contribution in [-0.2, 0) is 9.59 Å². The van der Waals surface area contributed by atoms with Crippen LogP contribution in [0.2, 0.25) is 0 Å². The third kappa shape index (κ3) is 24.7. The summed E-state index contributed by atoms with van der Waals surface area (Å²) in [4.78, 5) is 30.7. The van der Waals surface area contributed by atoms with Gasteiger partial charge in [0.25, 0.3) is 0 Å². The third-order valence-electron chi connectivity index (χ3n) is 9.92. The number of ether oxygens (including phenoxy) is 1. The van der Waals surface area contributed by atoms with E-state index in [0.29, 0.717) is 26.1 Å². The molecule has 0 radical (unpaired) electrons. The summed E-state index contributed by atoms with van der Waals surface area (Å²) in [7, 11) is 0. The summed E-state index contributed by atoms with van der Waals surface area (Å²) in [5, 5.41) is 9.74. The zero-order valence-corrected chi connectivity index (χ0v) is 35.8. The Hall–Kier alpha value is -3.72. The number of rotatable bonds is 30. The second-order valence-electron chi connectivity index (χ2n) is 15.5. The van der Waals surface area contributed by atoms with Crippen molar-refractivity contribution in [3.8, 4) is 5.75 Å². The van der Waals surface area contributed by atoms with Crippen LogP contribution in [0.15, 0.2) is 91.1 Å². The second-order valence-corrected chi connectivity index (χ2v) is 15.5. The van der Waals surface area contributed by atoms with E-state index in [1.165, 1.54) is 5.56 Å². The summed E-state index contributed by atoms with van der Waals surface area (Å²) in [6.07, 6.45) is 36.1. The highest BCUT2D eigenvalue weighted by Gasteiger charge is 2.27. The van der Waals surface area contributed by atoms with Crippen LogP contribution in [-0.4, -0.2) is 93.7 Å². The molecule has 2 rings (SSSR count). The summed E-state index contributed by atoms with van der Waals surface area (Å²) in [6, 6.07) is 6.25. The molecule has 56 heavy (non-hydrogen) atoms. The van der Waals surface area contributed by atoms with Gasteiger partial charge < -0.3 is 25.6 Å². The number of amides is 2.